The molecule has 2 unspecified atom stereocenters. The van der Waals surface area contributed by atoms with Gasteiger partial charge in [0.05, 0.1) is 17.1 Å². The number of anilines is 1. The first-order chi connectivity index (χ1) is 10.4. The molecule has 0 spiro atoms. The lowest BCUT2D eigenvalue weighted by Gasteiger charge is -2.34. The van der Waals surface area contributed by atoms with E-state index in [9.17, 15) is 19.7 Å². The lowest BCUT2D eigenvalue weighted by Crippen LogP contribution is -2.51. The highest BCUT2D eigenvalue weighted by Crippen LogP contribution is 2.23. The largest absolute Gasteiger partial charge is 0.372 e. The smallest absolute Gasteiger partial charge is 0.314 e. The fraction of sp³-hybridized carbons (Fsp3) is 0.429. The summed E-state index contributed by atoms with van der Waals surface area (Å²) in [5.74, 6) is -1.62. The van der Waals surface area contributed by atoms with Crippen LogP contribution in [-0.4, -0.2) is 46.9 Å². The van der Waals surface area contributed by atoms with Gasteiger partial charge in [-0.25, -0.2) is 0 Å². The predicted octanol–water partition coefficient (Wildman–Crippen LogP) is 1.17. The average molecular weight is 307 g/mol. The molecular formula is C14H17N3O5. The average Bonchev–Trinajstić information content (AvgIpc) is 2.45. The van der Waals surface area contributed by atoms with Crippen molar-refractivity contribution in [2.24, 2.45) is 0 Å². The molecule has 22 heavy (non-hydrogen) atoms. The zero-order valence-electron chi connectivity index (χ0n) is 12.3. The summed E-state index contributed by atoms with van der Waals surface area (Å²) in [5.41, 5.74) is -0.257. The number of carbonyl (C=O) groups excluding carboxylic acids is 2. The number of benzene rings is 1. The molecule has 1 N–H and O–H groups in total. The number of nitrogens with one attached hydrogen (secondary N) is 1. The number of nitrogens with zero attached hydrogens (tertiary/aromatic N) is 2. The van der Waals surface area contributed by atoms with Gasteiger partial charge in [0.2, 0.25) is 0 Å². The van der Waals surface area contributed by atoms with Crippen molar-refractivity contribution in [2.75, 3.05) is 18.4 Å². The third kappa shape index (κ3) is 3.59. The maximum absolute atomic E-state index is 12.2. The van der Waals surface area contributed by atoms with E-state index in [0.29, 0.717) is 13.1 Å². The monoisotopic (exact) mass is 307 g/mol. The van der Waals surface area contributed by atoms with Gasteiger partial charge in [0, 0.05) is 19.2 Å². The molecule has 1 saturated heterocycles. The standard InChI is InChI=1S/C14H17N3O5/c1-9-7-16(8-10(2)22-9)14(19)13(18)15-11-5-3-4-6-12(11)17(20)21/h3-6,9-10H,7-8H2,1-2H3,(H,15,18). The maximum atomic E-state index is 12.2. The van der Waals surface area contributed by atoms with Crippen molar-refractivity contribution in [3.8, 4) is 0 Å². The molecule has 1 aromatic carbocycles. The molecule has 0 aromatic heterocycles. The lowest BCUT2D eigenvalue weighted by atomic mass is 10.2. The summed E-state index contributed by atoms with van der Waals surface area (Å²) < 4.78 is 5.50. The summed E-state index contributed by atoms with van der Waals surface area (Å²) in [6.07, 6.45) is -0.321. The molecule has 0 bridgehead atoms. The minimum atomic E-state index is -0.893. The van der Waals surface area contributed by atoms with Crippen molar-refractivity contribution in [1.29, 1.82) is 0 Å². The Bertz CT molecular complexity index is 594. The van der Waals surface area contributed by atoms with Crippen LogP contribution < -0.4 is 5.32 Å². The molecule has 118 valence electrons. The van der Waals surface area contributed by atoms with Crippen LogP contribution in [0.2, 0.25) is 0 Å². The fourth-order valence-corrected chi connectivity index (χ4v) is 2.40. The van der Waals surface area contributed by atoms with E-state index in [1.807, 2.05) is 13.8 Å². The van der Waals surface area contributed by atoms with Gasteiger partial charge < -0.3 is 15.0 Å². The van der Waals surface area contributed by atoms with Crippen molar-refractivity contribution in [3.63, 3.8) is 0 Å². The van der Waals surface area contributed by atoms with Crippen molar-refractivity contribution in [3.05, 3.63) is 34.4 Å². The number of rotatable bonds is 2. The quantitative estimate of drug-likeness (QED) is 0.502. The second-order valence-corrected chi connectivity index (χ2v) is 5.20. The van der Waals surface area contributed by atoms with Gasteiger partial charge in [-0.05, 0) is 19.9 Å². The van der Waals surface area contributed by atoms with Crippen molar-refractivity contribution >= 4 is 23.2 Å². The normalized spacial score (nSPS) is 21.3. The summed E-state index contributed by atoms with van der Waals surface area (Å²) in [4.78, 5) is 35.9. The van der Waals surface area contributed by atoms with Crippen LogP contribution in [0.4, 0.5) is 11.4 Å². The number of nitro benzene ring substituents is 1. The Balaban J connectivity index is 2.09. The van der Waals surface area contributed by atoms with Gasteiger partial charge >= 0.3 is 11.8 Å². The molecular weight excluding hydrogens is 290 g/mol. The van der Waals surface area contributed by atoms with Gasteiger partial charge in [0.1, 0.15) is 5.69 Å². The van der Waals surface area contributed by atoms with Gasteiger partial charge in [-0.3, -0.25) is 19.7 Å². The maximum Gasteiger partial charge on any atom is 0.314 e. The number of carbonyl (C=O) groups is 2. The number of para-hydroxylation sites is 2. The predicted molar refractivity (Wildman–Crippen MR) is 78.3 cm³/mol. The molecule has 0 saturated carbocycles. The van der Waals surface area contributed by atoms with E-state index in [1.165, 1.54) is 23.1 Å². The molecule has 8 heteroatoms. The van der Waals surface area contributed by atoms with Crippen molar-refractivity contribution in [1.82, 2.24) is 4.90 Å². The molecule has 8 nitrogen and oxygen atoms in total. The third-order valence-corrected chi connectivity index (χ3v) is 3.25. The summed E-state index contributed by atoms with van der Waals surface area (Å²) in [6, 6.07) is 5.68. The van der Waals surface area contributed by atoms with Crippen LogP contribution in [-0.2, 0) is 14.3 Å². The summed E-state index contributed by atoms with van der Waals surface area (Å²) in [7, 11) is 0. The highest BCUT2D eigenvalue weighted by molar-refractivity contribution is 6.39. The number of ether oxygens (including phenoxy) is 1. The second-order valence-electron chi connectivity index (χ2n) is 5.20. The number of hydrogen-bond donors (Lipinski definition) is 1. The molecule has 0 aliphatic carbocycles. The van der Waals surface area contributed by atoms with Gasteiger partial charge in [-0.2, -0.15) is 0 Å². The number of hydrogen-bond acceptors (Lipinski definition) is 5. The molecule has 0 radical (unpaired) electrons. The van der Waals surface area contributed by atoms with Gasteiger partial charge in [-0.15, -0.1) is 0 Å². The highest BCUT2D eigenvalue weighted by atomic mass is 16.6. The SMILES string of the molecule is CC1CN(C(=O)C(=O)Nc2ccccc2[N+](=O)[O-])CC(C)O1. The van der Waals surface area contributed by atoms with Gasteiger partial charge in [0.25, 0.3) is 5.69 Å². The Morgan fingerprint density at radius 1 is 1.27 bits per heavy atom. The first-order valence-corrected chi connectivity index (χ1v) is 6.87. The number of morpholine rings is 1. The van der Waals surface area contributed by atoms with Crippen molar-refractivity contribution < 1.29 is 19.2 Å². The highest BCUT2D eigenvalue weighted by Gasteiger charge is 2.30. The second kappa shape index (κ2) is 6.52. The zero-order chi connectivity index (χ0) is 16.3. The molecule has 1 aliphatic rings. The Morgan fingerprint density at radius 2 is 1.86 bits per heavy atom. The topological polar surface area (TPSA) is 102 Å². The Morgan fingerprint density at radius 3 is 2.45 bits per heavy atom. The van der Waals surface area contributed by atoms with Crippen LogP contribution in [0.15, 0.2) is 24.3 Å². The van der Waals surface area contributed by atoms with Crippen LogP contribution in [0.25, 0.3) is 0 Å². The van der Waals surface area contributed by atoms with E-state index in [2.05, 4.69) is 5.32 Å². The number of amides is 2. The number of nitro groups is 1. The Labute approximate surface area is 127 Å². The van der Waals surface area contributed by atoms with E-state index in [-0.39, 0.29) is 23.6 Å². The van der Waals surface area contributed by atoms with E-state index in [0.717, 1.165) is 0 Å². The van der Waals surface area contributed by atoms with E-state index < -0.39 is 16.7 Å². The summed E-state index contributed by atoms with van der Waals surface area (Å²) in [5, 5.41) is 13.2. The Kier molecular flexibility index (Phi) is 4.71. The molecule has 1 aliphatic heterocycles. The Hall–Kier alpha value is -2.48. The summed E-state index contributed by atoms with van der Waals surface area (Å²) >= 11 is 0. The van der Waals surface area contributed by atoms with E-state index >= 15 is 0 Å². The molecule has 1 aromatic rings. The minimum absolute atomic E-state index is 0.000191. The zero-order valence-corrected chi connectivity index (χ0v) is 12.3. The summed E-state index contributed by atoms with van der Waals surface area (Å²) in [6.45, 7) is 4.26. The molecule has 2 rings (SSSR count). The minimum Gasteiger partial charge on any atom is -0.372 e. The lowest BCUT2D eigenvalue weighted by molar-refractivity contribution is -0.383. The molecule has 2 amide bonds. The molecule has 1 heterocycles. The first kappa shape index (κ1) is 15.9. The van der Waals surface area contributed by atoms with Crippen LogP contribution in [0.5, 0.6) is 0 Å². The van der Waals surface area contributed by atoms with Crippen molar-refractivity contribution in [2.45, 2.75) is 26.1 Å². The fourth-order valence-electron chi connectivity index (χ4n) is 2.40. The van der Waals surface area contributed by atoms with E-state index in [4.69, 9.17) is 4.74 Å². The van der Waals surface area contributed by atoms with E-state index in [1.54, 1.807) is 6.07 Å². The van der Waals surface area contributed by atoms with Crippen LogP contribution in [0.3, 0.4) is 0 Å². The third-order valence-electron chi connectivity index (χ3n) is 3.25. The first-order valence-electron chi connectivity index (χ1n) is 6.87. The van der Waals surface area contributed by atoms with Crippen LogP contribution in [0.1, 0.15) is 13.8 Å². The van der Waals surface area contributed by atoms with Crippen LogP contribution in [0, 0.1) is 10.1 Å². The molecule has 2 atom stereocenters. The van der Waals surface area contributed by atoms with Gasteiger partial charge in [-0.1, -0.05) is 12.1 Å². The van der Waals surface area contributed by atoms with Gasteiger partial charge in [0.15, 0.2) is 0 Å². The van der Waals surface area contributed by atoms with Crippen LogP contribution >= 0.6 is 0 Å². The molecule has 1 fully saturated rings.